The van der Waals surface area contributed by atoms with E-state index in [1.54, 1.807) is 0 Å². The first-order chi connectivity index (χ1) is 8.97. The van der Waals surface area contributed by atoms with Gasteiger partial charge in [-0.05, 0) is 33.8 Å². The molecule has 1 fully saturated rings. The molecule has 1 N–H and O–H groups in total. The van der Waals surface area contributed by atoms with Gasteiger partial charge >= 0.3 is 0 Å². The van der Waals surface area contributed by atoms with Gasteiger partial charge in [0.25, 0.3) is 0 Å². The minimum absolute atomic E-state index is 0.489. The molecule has 3 nitrogen and oxygen atoms in total. The molecule has 0 radical (unpaired) electrons. The van der Waals surface area contributed by atoms with Crippen molar-refractivity contribution in [3.05, 3.63) is 22.3 Å². The average Bonchev–Trinajstić information content (AvgIpc) is 2.67. The second-order valence-corrected chi connectivity index (χ2v) is 6.95. The molecule has 2 atom stereocenters. The molecule has 0 aromatic carbocycles. The van der Waals surface area contributed by atoms with Crippen molar-refractivity contribution in [2.75, 3.05) is 18.0 Å². The second kappa shape index (κ2) is 6.23. The summed E-state index contributed by atoms with van der Waals surface area (Å²) in [6.45, 7) is 12.1. The molecule has 2 heterocycles. The first kappa shape index (κ1) is 14.8. The standard InChI is InChI=1S/C15H24BrN3/c1-10(2)17-6-13-5-14(16)7-18-15(13)19-8-11(3)12(4)9-19/h5,7,10-12,17H,6,8-9H2,1-4H3. The zero-order valence-electron chi connectivity index (χ0n) is 12.3. The van der Waals surface area contributed by atoms with E-state index in [2.05, 4.69) is 64.9 Å². The Hall–Kier alpha value is -0.610. The molecule has 2 unspecified atom stereocenters. The molecule has 0 saturated carbocycles. The van der Waals surface area contributed by atoms with E-state index in [-0.39, 0.29) is 0 Å². The quantitative estimate of drug-likeness (QED) is 0.919. The van der Waals surface area contributed by atoms with Crippen LogP contribution in [-0.2, 0) is 6.54 Å². The molecular weight excluding hydrogens is 302 g/mol. The van der Waals surface area contributed by atoms with Gasteiger partial charge in [0, 0.05) is 41.9 Å². The SMILES string of the molecule is CC(C)NCc1cc(Br)cnc1N1CC(C)C(C)C1. The second-order valence-electron chi connectivity index (χ2n) is 6.03. The van der Waals surface area contributed by atoms with Crippen LogP contribution in [0.5, 0.6) is 0 Å². The number of hydrogen-bond donors (Lipinski definition) is 1. The number of aromatic nitrogens is 1. The number of anilines is 1. The van der Waals surface area contributed by atoms with Crippen molar-refractivity contribution in [2.24, 2.45) is 11.8 Å². The molecule has 4 heteroatoms. The lowest BCUT2D eigenvalue weighted by Crippen LogP contribution is -2.26. The van der Waals surface area contributed by atoms with Gasteiger partial charge in [0.05, 0.1) is 0 Å². The van der Waals surface area contributed by atoms with Gasteiger partial charge in [-0.3, -0.25) is 0 Å². The van der Waals surface area contributed by atoms with Gasteiger partial charge in [-0.1, -0.05) is 27.7 Å². The minimum Gasteiger partial charge on any atom is -0.356 e. The van der Waals surface area contributed by atoms with Gasteiger partial charge in [-0.25, -0.2) is 4.98 Å². The van der Waals surface area contributed by atoms with Crippen molar-refractivity contribution < 1.29 is 0 Å². The highest BCUT2D eigenvalue weighted by molar-refractivity contribution is 9.10. The summed E-state index contributed by atoms with van der Waals surface area (Å²) in [5, 5.41) is 3.49. The zero-order chi connectivity index (χ0) is 14.0. The maximum atomic E-state index is 4.65. The highest BCUT2D eigenvalue weighted by Crippen LogP contribution is 2.29. The van der Waals surface area contributed by atoms with Gasteiger partial charge in [0.1, 0.15) is 5.82 Å². The molecule has 0 spiro atoms. The van der Waals surface area contributed by atoms with Crippen LogP contribution in [0.3, 0.4) is 0 Å². The fourth-order valence-electron chi connectivity index (χ4n) is 2.51. The number of pyridine rings is 1. The van der Waals surface area contributed by atoms with Crippen molar-refractivity contribution in [1.82, 2.24) is 10.3 Å². The van der Waals surface area contributed by atoms with Crippen molar-refractivity contribution >= 4 is 21.7 Å². The third-order valence-electron chi connectivity index (χ3n) is 3.90. The summed E-state index contributed by atoms with van der Waals surface area (Å²) < 4.78 is 1.05. The van der Waals surface area contributed by atoms with Gasteiger partial charge in [-0.15, -0.1) is 0 Å². The van der Waals surface area contributed by atoms with E-state index in [1.807, 2.05) is 6.20 Å². The van der Waals surface area contributed by atoms with Crippen LogP contribution in [-0.4, -0.2) is 24.1 Å². The lowest BCUT2D eigenvalue weighted by molar-refractivity contribution is 0.494. The van der Waals surface area contributed by atoms with Crippen LogP contribution in [0, 0.1) is 11.8 Å². The molecular formula is C15H24BrN3. The zero-order valence-corrected chi connectivity index (χ0v) is 13.9. The van der Waals surface area contributed by atoms with Gasteiger partial charge in [-0.2, -0.15) is 0 Å². The Balaban J connectivity index is 2.19. The fourth-order valence-corrected chi connectivity index (χ4v) is 2.88. The predicted molar refractivity (Wildman–Crippen MR) is 84.5 cm³/mol. The van der Waals surface area contributed by atoms with Crippen molar-refractivity contribution in [3.8, 4) is 0 Å². The number of rotatable bonds is 4. The maximum absolute atomic E-state index is 4.65. The summed E-state index contributed by atoms with van der Waals surface area (Å²) in [6.07, 6.45) is 1.90. The van der Waals surface area contributed by atoms with E-state index in [9.17, 15) is 0 Å². The summed E-state index contributed by atoms with van der Waals surface area (Å²) in [7, 11) is 0. The lowest BCUT2D eigenvalue weighted by atomic mass is 10.0. The van der Waals surface area contributed by atoms with E-state index >= 15 is 0 Å². The Morgan fingerprint density at radius 2 is 2.00 bits per heavy atom. The first-order valence-electron chi connectivity index (χ1n) is 7.10. The normalized spacial score (nSPS) is 23.4. The molecule has 106 valence electrons. The Bertz CT molecular complexity index is 423. The molecule has 0 amide bonds. The van der Waals surface area contributed by atoms with Crippen LogP contribution in [0.1, 0.15) is 33.3 Å². The predicted octanol–water partition coefficient (Wildman–Crippen LogP) is 3.43. The van der Waals surface area contributed by atoms with Crippen LogP contribution in [0.15, 0.2) is 16.7 Å². The number of nitrogens with zero attached hydrogens (tertiary/aromatic N) is 2. The molecule has 1 saturated heterocycles. The third-order valence-corrected chi connectivity index (χ3v) is 4.33. The Morgan fingerprint density at radius 3 is 2.58 bits per heavy atom. The van der Waals surface area contributed by atoms with E-state index < -0.39 is 0 Å². The van der Waals surface area contributed by atoms with Crippen molar-refractivity contribution in [2.45, 2.75) is 40.3 Å². The smallest absolute Gasteiger partial charge is 0.133 e. The minimum atomic E-state index is 0.489. The average molecular weight is 326 g/mol. The molecule has 1 aliphatic rings. The Labute approximate surface area is 124 Å². The van der Waals surface area contributed by atoms with Gasteiger partial charge in [0.15, 0.2) is 0 Å². The summed E-state index contributed by atoms with van der Waals surface area (Å²) in [5.41, 5.74) is 1.28. The highest BCUT2D eigenvalue weighted by Gasteiger charge is 2.28. The topological polar surface area (TPSA) is 28.2 Å². The van der Waals surface area contributed by atoms with Crippen LogP contribution >= 0.6 is 15.9 Å². The monoisotopic (exact) mass is 325 g/mol. The van der Waals surface area contributed by atoms with Crippen molar-refractivity contribution in [3.63, 3.8) is 0 Å². The largest absolute Gasteiger partial charge is 0.356 e. The van der Waals surface area contributed by atoms with E-state index in [1.165, 1.54) is 5.56 Å². The fraction of sp³-hybridized carbons (Fsp3) is 0.667. The van der Waals surface area contributed by atoms with Crippen LogP contribution < -0.4 is 10.2 Å². The van der Waals surface area contributed by atoms with Crippen LogP contribution in [0.4, 0.5) is 5.82 Å². The van der Waals surface area contributed by atoms with Crippen LogP contribution in [0.25, 0.3) is 0 Å². The molecule has 1 aliphatic heterocycles. The molecule has 1 aromatic heterocycles. The summed E-state index contributed by atoms with van der Waals surface area (Å²) in [5.74, 6) is 2.64. The lowest BCUT2D eigenvalue weighted by Gasteiger charge is -2.21. The Kier molecular flexibility index (Phi) is 4.85. The maximum Gasteiger partial charge on any atom is 0.133 e. The summed E-state index contributed by atoms with van der Waals surface area (Å²) in [6, 6.07) is 2.68. The van der Waals surface area contributed by atoms with Gasteiger partial charge in [0.2, 0.25) is 0 Å². The number of nitrogens with one attached hydrogen (secondary N) is 1. The van der Waals surface area contributed by atoms with Crippen molar-refractivity contribution in [1.29, 1.82) is 0 Å². The van der Waals surface area contributed by atoms with E-state index in [0.29, 0.717) is 6.04 Å². The van der Waals surface area contributed by atoms with Crippen LogP contribution in [0.2, 0.25) is 0 Å². The van der Waals surface area contributed by atoms with Gasteiger partial charge < -0.3 is 10.2 Å². The molecule has 1 aromatic rings. The molecule has 2 rings (SSSR count). The summed E-state index contributed by atoms with van der Waals surface area (Å²) >= 11 is 3.53. The summed E-state index contributed by atoms with van der Waals surface area (Å²) in [4.78, 5) is 7.08. The molecule has 0 aliphatic carbocycles. The Morgan fingerprint density at radius 1 is 1.37 bits per heavy atom. The molecule has 19 heavy (non-hydrogen) atoms. The first-order valence-corrected chi connectivity index (χ1v) is 7.89. The number of halogens is 1. The molecule has 0 bridgehead atoms. The van der Waals surface area contributed by atoms with E-state index in [0.717, 1.165) is 41.8 Å². The number of hydrogen-bond acceptors (Lipinski definition) is 3. The third kappa shape index (κ3) is 3.69. The highest BCUT2D eigenvalue weighted by atomic mass is 79.9. The van der Waals surface area contributed by atoms with E-state index in [4.69, 9.17) is 0 Å².